The Morgan fingerprint density at radius 2 is 1.90 bits per heavy atom. The minimum atomic E-state index is -4.57. The van der Waals surface area contributed by atoms with Gasteiger partial charge in [-0.2, -0.15) is 13.2 Å². The summed E-state index contributed by atoms with van der Waals surface area (Å²) in [6, 6.07) is 7.20. The highest BCUT2D eigenvalue weighted by Crippen LogP contribution is 2.34. The minimum Gasteiger partial charge on any atom is -0.408 e. The van der Waals surface area contributed by atoms with Gasteiger partial charge in [-0.1, -0.05) is 0 Å². The number of ether oxygens (including phenoxy) is 1. The summed E-state index contributed by atoms with van der Waals surface area (Å²) >= 11 is 0. The minimum absolute atomic E-state index is 0.0150. The lowest BCUT2D eigenvalue weighted by molar-refractivity contribution is -0.141. The molecule has 1 aliphatic heterocycles. The van der Waals surface area contributed by atoms with Crippen molar-refractivity contribution in [3.8, 4) is 5.69 Å². The molecule has 4 aromatic rings. The van der Waals surface area contributed by atoms with E-state index in [0.717, 1.165) is 6.07 Å². The molecule has 4 heterocycles. The number of halogens is 3. The Balaban J connectivity index is 1.77. The van der Waals surface area contributed by atoms with Crippen molar-refractivity contribution < 1.29 is 22.3 Å². The molecule has 0 radical (unpaired) electrons. The molecule has 0 amide bonds. The summed E-state index contributed by atoms with van der Waals surface area (Å²) in [7, 11) is 0. The molecule has 0 spiro atoms. The zero-order valence-corrected chi connectivity index (χ0v) is 15.0. The number of imidazole rings is 1. The zero-order chi connectivity index (χ0) is 20.2. The lowest BCUT2D eigenvalue weighted by atomic mass is 9.99. The molecule has 10 heteroatoms. The maximum Gasteiger partial charge on any atom is 0.433 e. The zero-order valence-electron chi connectivity index (χ0n) is 15.0. The van der Waals surface area contributed by atoms with Crippen LogP contribution in [0.15, 0.2) is 39.5 Å². The first-order valence-electron chi connectivity index (χ1n) is 9.08. The van der Waals surface area contributed by atoms with Gasteiger partial charge in [0.05, 0.1) is 11.2 Å². The summed E-state index contributed by atoms with van der Waals surface area (Å²) in [6.07, 6.45) is -3.16. The van der Waals surface area contributed by atoms with E-state index in [1.165, 1.54) is 6.07 Å². The number of H-pyrrole nitrogens is 1. The van der Waals surface area contributed by atoms with Gasteiger partial charge >= 0.3 is 11.9 Å². The van der Waals surface area contributed by atoms with Crippen molar-refractivity contribution in [1.29, 1.82) is 0 Å². The largest absolute Gasteiger partial charge is 0.433 e. The van der Waals surface area contributed by atoms with Gasteiger partial charge in [0.15, 0.2) is 11.2 Å². The number of alkyl halides is 3. The first-order valence-corrected chi connectivity index (χ1v) is 9.08. The highest BCUT2D eigenvalue weighted by atomic mass is 19.4. The lowest BCUT2D eigenvalue weighted by Crippen LogP contribution is -2.18. The average molecular weight is 404 g/mol. The number of nitrogens with zero attached hydrogens (tertiary/aromatic N) is 3. The average Bonchev–Trinajstić information content (AvgIpc) is 3.26. The third-order valence-electron chi connectivity index (χ3n) is 5.07. The molecule has 1 N–H and O–H groups in total. The Hall–Kier alpha value is -3.14. The second kappa shape index (κ2) is 6.45. The predicted octanol–water partition coefficient (Wildman–Crippen LogP) is 3.77. The van der Waals surface area contributed by atoms with Gasteiger partial charge in [-0.05, 0) is 37.1 Å². The van der Waals surface area contributed by atoms with Gasteiger partial charge in [0.1, 0.15) is 17.0 Å². The van der Waals surface area contributed by atoms with Crippen molar-refractivity contribution in [3.63, 3.8) is 0 Å². The van der Waals surface area contributed by atoms with Gasteiger partial charge in [0.25, 0.3) is 0 Å². The molecule has 0 atom stereocenters. The number of aromatic amines is 1. The van der Waals surface area contributed by atoms with E-state index < -0.39 is 17.6 Å². The highest BCUT2D eigenvalue weighted by molar-refractivity contribution is 5.79. The van der Waals surface area contributed by atoms with Crippen molar-refractivity contribution in [3.05, 3.63) is 52.4 Å². The fraction of sp³-hybridized carbons (Fsp3) is 0.316. The Morgan fingerprint density at radius 1 is 1.10 bits per heavy atom. The van der Waals surface area contributed by atoms with Crippen LogP contribution < -0.4 is 5.76 Å². The van der Waals surface area contributed by atoms with E-state index in [9.17, 15) is 18.0 Å². The molecule has 5 rings (SSSR count). The molecule has 0 aliphatic carbocycles. The van der Waals surface area contributed by atoms with Crippen molar-refractivity contribution in [1.82, 2.24) is 19.5 Å². The number of fused-ring (bicyclic) bond motifs is 2. The normalized spacial score (nSPS) is 16.1. The first-order chi connectivity index (χ1) is 13.9. The van der Waals surface area contributed by atoms with Crippen LogP contribution in [0.2, 0.25) is 0 Å². The van der Waals surface area contributed by atoms with Crippen LogP contribution in [0, 0.1) is 0 Å². The van der Waals surface area contributed by atoms with E-state index in [0.29, 0.717) is 54.2 Å². The third-order valence-corrected chi connectivity index (χ3v) is 5.07. The fourth-order valence-corrected chi connectivity index (χ4v) is 3.69. The quantitative estimate of drug-likeness (QED) is 0.550. The number of nitrogens with one attached hydrogen (secondary N) is 1. The van der Waals surface area contributed by atoms with Crippen LogP contribution >= 0.6 is 0 Å². The van der Waals surface area contributed by atoms with Crippen LogP contribution in [0.3, 0.4) is 0 Å². The molecule has 1 aromatic carbocycles. The Morgan fingerprint density at radius 3 is 2.66 bits per heavy atom. The summed E-state index contributed by atoms with van der Waals surface area (Å²) in [6.45, 7) is 1.11. The predicted molar refractivity (Wildman–Crippen MR) is 97.1 cm³/mol. The summed E-state index contributed by atoms with van der Waals surface area (Å²) in [5.41, 5.74) is 0.822. The summed E-state index contributed by atoms with van der Waals surface area (Å²) in [5.74, 6) is 0.0309. The highest BCUT2D eigenvalue weighted by Gasteiger charge is 2.34. The van der Waals surface area contributed by atoms with Gasteiger partial charge in [-0.3, -0.25) is 9.55 Å². The lowest BCUT2D eigenvalue weighted by Gasteiger charge is -2.22. The Kier molecular flexibility index (Phi) is 3.98. The molecule has 1 fully saturated rings. The second-order valence-corrected chi connectivity index (χ2v) is 6.92. The van der Waals surface area contributed by atoms with E-state index in [4.69, 9.17) is 9.15 Å². The summed E-state index contributed by atoms with van der Waals surface area (Å²) in [5, 5.41) is 0. The maximum atomic E-state index is 13.3. The van der Waals surface area contributed by atoms with Crippen molar-refractivity contribution >= 4 is 22.3 Å². The topological polar surface area (TPSA) is 85.9 Å². The molecule has 0 bridgehead atoms. The van der Waals surface area contributed by atoms with Crippen LogP contribution in [0.4, 0.5) is 13.2 Å². The van der Waals surface area contributed by atoms with E-state index in [1.54, 1.807) is 22.8 Å². The van der Waals surface area contributed by atoms with Crippen molar-refractivity contribution in [2.45, 2.75) is 24.9 Å². The van der Waals surface area contributed by atoms with Gasteiger partial charge in [0, 0.05) is 25.2 Å². The smallest absolute Gasteiger partial charge is 0.408 e. The van der Waals surface area contributed by atoms with Gasteiger partial charge < -0.3 is 9.15 Å². The number of hydrogen-bond donors (Lipinski definition) is 1. The van der Waals surface area contributed by atoms with Crippen LogP contribution in [-0.2, 0) is 10.9 Å². The van der Waals surface area contributed by atoms with Gasteiger partial charge in [-0.25, -0.2) is 14.8 Å². The number of aromatic nitrogens is 4. The number of pyridine rings is 1. The molecule has 0 saturated carbocycles. The number of oxazole rings is 1. The van der Waals surface area contributed by atoms with Gasteiger partial charge in [0.2, 0.25) is 0 Å². The molecule has 29 heavy (non-hydrogen) atoms. The van der Waals surface area contributed by atoms with E-state index in [2.05, 4.69) is 15.0 Å². The molecule has 0 unspecified atom stereocenters. The van der Waals surface area contributed by atoms with E-state index >= 15 is 0 Å². The SMILES string of the molecule is O=c1[nH]c2ccc(-n3c(C4CCOCC4)nc4ccc(C(F)(F)F)nc43)cc2o1. The van der Waals surface area contributed by atoms with E-state index in [-0.39, 0.29) is 11.6 Å². The number of hydrogen-bond acceptors (Lipinski definition) is 5. The number of rotatable bonds is 2. The third kappa shape index (κ3) is 3.09. The fourth-order valence-electron chi connectivity index (χ4n) is 3.69. The molecular formula is C19H15F3N4O3. The standard InChI is InChI=1S/C19H15F3N4O3/c20-19(21,22)15-4-3-13-17(25-15)26(16(23-13)10-5-7-28-8-6-10)11-1-2-12-14(9-11)29-18(27)24-12/h1-4,9-10H,5-8H2,(H,24,27). The molecule has 7 nitrogen and oxygen atoms in total. The van der Waals surface area contributed by atoms with Crippen LogP contribution in [0.25, 0.3) is 28.0 Å². The van der Waals surface area contributed by atoms with Crippen molar-refractivity contribution in [2.24, 2.45) is 0 Å². The van der Waals surface area contributed by atoms with Gasteiger partial charge in [-0.15, -0.1) is 0 Å². The first kappa shape index (κ1) is 17.9. The molecule has 150 valence electrons. The van der Waals surface area contributed by atoms with Crippen LogP contribution in [0.5, 0.6) is 0 Å². The van der Waals surface area contributed by atoms with Crippen LogP contribution in [0.1, 0.15) is 30.3 Å². The Bertz CT molecular complexity index is 1270. The monoisotopic (exact) mass is 404 g/mol. The Labute approximate surface area is 161 Å². The summed E-state index contributed by atoms with van der Waals surface area (Å²) < 4.78 is 51.9. The summed E-state index contributed by atoms with van der Waals surface area (Å²) in [4.78, 5) is 22.5. The number of benzene rings is 1. The van der Waals surface area contributed by atoms with Crippen LogP contribution in [-0.4, -0.2) is 32.7 Å². The molecule has 1 saturated heterocycles. The molecule has 3 aromatic heterocycles. The van der Waals surface area contributed by atoms with E-state index in [1.807, 2.05) is 0 Å². The maximum absolute atomic E-state index is 13.3. The second-order valence-electron chi connectivity index (χ2n) is 6.92. The molecular weight excluding hydrogens is 389 g/mol. The van der Waals surface area contributed by atoms with Crippen molar-refractivity contribution in [2.75, 3.05) is 13.2 Å². The molecule has 1 aliphatic rings.